The van der Waals surface area contributed by atoms with Crippen LogP contribution in [0.4, 0.5) is 11.6 Å². The van der Waals surface area contributed by atoms with Crippen LogP contribution in [-0.2, 0) is 0 Å². The Hall–Kier alpha value is -2.49. The van der Waals surface area contributed by atoms with Gasteiger partial charge >= 0.3 is 5.69 Å². The molecule has 0 saturated carbocycles. The first kappa shape index (κ1) is 13.0. The Kier molecular flexibility index (Phi) is 3.71. The smallest absolute Gasteiger partial charge is 0.320 e. The van der Waals surface area contributed by atoms with Crippen molar-refractivity contribution in [3.8, 4) is 0 Å². The van der Waals surface area contributed by atoms with E-state index in [1.165, 1.54) is 12.3 Å². The minimum Gasteiger partial charge on any atom is -0.357 e. The average Bonchev–Trinajstić information content (AvgIpc) is 2.38. The summed E-state index contributed by atoms with van der Waals surface area (Å²) in [7, 11) is 1.60. The Balaban J connectivity index is 2.42. The van der Waals surface area contributed by atoms with E-state index in [2.05, 4.69) is 25.3 Å². The number of aromatic nitrogens is 4. The van der Waals surface area contributed by atoms with Crippen molar-refractivity contribution in [2.75, 3.05) is 12.4 Å². The lowest BCUT2D eigenvalue weighted by molar-refractivity contribution is -0.388. The normalized spacial score (nSPS) is 10.2. The summed E-state index contributed by atoms with van der Waals surface area (Å²) >= 11 is 0.887. The van der Waals surface area contributed by atoms with E-state index >= 15 is 0 Å². The van der Waals surface area contributed by atoms with Gasteiger partial charge in [-0.25, -0.2) is 9.97 Å². The predicted octanol–water partition coefficient (Wildman–Crippen LogP) is 0.661. The number of nitro groups is 1. The summed E-state index contributed by atoms with van der Waals surface area (Å²) in [6.45, 7) is 0. The molecule has 0 amide bonds. The molecule has 98 valence electrons. The van der Waals surface area contributed by atoms with Gasteiger partial charge in [-0.15, -0.1) is 0 Å². The molecule has 0 spiro atoms. The molecule has 2 rings (SSSR count). The summed E-state index contributed by atoms with van der Waals surface area (Å²) in [4.78, 5) is 35.5. The largest absolute Gasteiger partial charge is 0.357 e. The van der Waals surface area contributed by atoms with Crippen molar-refractivity contribution in [1.29, 1.82) is 0 Å². The van der Waals surface area contributed by atoms with Crippen molar-refractivity contribution >= 4 is 23.4 Å². The van der Waals surface area contributed by atoms with Crippen molar-refractivity contribution in [2.45, 2.75) is 10.2 Å². The molecule has 0 fully saturated rings. The average molecular weight is 280 g/mol. The number of aromatic amines is 1. The molecule has 0 aliphatic heterocycles. The maximum Gasteiger partial charge on any atom is 0.320 e. The predicted molar refractivity (Wildman–Crippen MR) is 67.2 cm³/mol. The summed E-state index contributed by atoms with van der Waals surface area (Å²) < 4.78 is 0. The monoisotopic (exact) mass is 280 g/mol. The minimum absolute atomic E-state index is 0.0960. The topological polar surface area (TPSA) is 127 Å². The van der Waals surface area contributed by atoms with Crippen molar-refractivity contribution in [3.05, 3.63) is 38.9 Å². The second-order valence-electron chi connectivity index (χ2n) is 3.23. The zero-order valence-corrected chi connectivity index (χ0v) is 10.5. The molecule has 19 heavy (non-hydrogen) atoms. The van der Waals surface area contributed by atoms with E-state index in [1.807, 2.05) is 0 Å². The number of anilines is 1. The van der Waals surface area contributed by atoms with Gasteiger partial charge < -0.3 is 10.3 Å². The molecule has 2 aromatic rings. The first-order valence-corrected chi connectivity index (χ1v) is 5.84. The van der Waals surface area contributed by atoms with Crippen molar-refractivity contribution < 1.29 is 4.92 Å². The number of H-pyrrole nitrogens is 1. The minimum atomic E-state index is -0.594. The quantitative estimate of drug-likeness (QED) is 0.362. The van der Waals surface area contributed by atoms with E-state index in [1.54, 1.807) is 7.05 Å². The van der Waals surface area contributed by atoms with E-state index in [4.69, 9.17) is 0 Å². The Bertz CT molecular complexity index is 673. The van der Waals surface area contributed by atoms with Crippen LogP contribution in [-0.4, -0.2) is 31.9 Å². The van der Waals surface area contributed by atoms with Crippen LogP contribution >= 0.6 is 11.8 Å². The molecule has 10 heteroatoms. The third-order valence-corrected chi connectivity index (χ3v) is 2.89. The van der Waals surface area contributed by atoms with Crippen LogP contribution in [0.15, 0.2) is 33.4 Å². The lowest BCUT2D eigenvalue weighted by Gasteiger charge is -2.03. The van der Waals surface area contributed by atoms with Crippen molar-refractivity contribution in [2.24, 2.45) is 0 Å². The van der Waals surface area contributed by atoms with Crippen LogP contribution in [0.3, 0.4) is 0 Å². The van der Waals surface area contributed by atoms with Gasteiger partial charge in [-0.2, -0.15) is 4.98 Å². The van der Waals surface area contributed by atoms with E-state index < -0.39 is 4.92 Å². The van der Waals surface area contributed by atoms with Crippen LogP contribution in [0.5, 0.6) is 0 Å². The highest BCUT2D eigenvalue weighted by Gasteiger charge is 2.19. The van der Waals surface area contributed by atoms with Gasteiger partial charge in [-0.05, 0) is 11.8 Å². The molecule has 0 atom stereocenters. The lowest BCUT2D eigenvalue weighted by Crippen LogP contribution is -2.06. The maximum atomic E-state index is 11.1. The highest BCUT2D eigenvalue weighted by atomic mass is 32.2. The van der Waals surface area contributed by atoms with Crippen molar-refractivity contribution in [3.63, 3.8) is 0 Å². The Morgan fingerprint density at radius 3 is 2.89 bits per heavy atom. The Labute approximate surface area is 110 Å². The van der Waals surface area contributed by atoms with Crippen LogP contribution in [0.1, 0.15) is 0 Å². The summed E-state index contributed by atoms with van der Waals surface area (Å²) in [6.07, 6.45) is 2.41. The second-order valence-corrected chi connectivity index (χ2v) is 4.21. The van der Waals surface area contributed by atoms with Gasteiger partial charge in [0.05, 0.1) is 4.92 Å². The number of hydrogen-bond acceptors (Lipinski definition) is 8. The summed E-state index contributed by atoms with van der Waals surface area (Å²) in [5.41, 5.74) is -0.599. The number of rotatable bonds is 4. The van der Waals surface area contributed by atoms with Gasteiger partial charge in [-0.1, -0.05) is 0 Å². The second kappa shape index (κ2) is 5.44. The van der Waals surface area contributed by atoms with Crippen LogP contribution in [0.2, 0.25) is 0 Å². The molecule has 0 aliphatic rings. The molecule has 0 radical (unpaired) electrons. The van der Waals surface area contributed by atoms with Crippen LogP contribution in [0, 0.1) is 10.1 Å². The first-order valence-electron chi connectivity index (χ1n) is 5.02. The van der Waals surface area contributed by atoms with Gasteiger partial charge in [0, 0.05) is 19.3 Å². The third kappa shape index (κ3) is 3.04. The highest BCUT2D eigenvalue weighted by molar-refractivity contribution is 7.99. The number of nitrogens with one attached hydrogen (secondary N) is 2. The van der Waals surface area contributed by atoms with E-state index in [9.17, 15) is 14.9 Å². The van der Waals surface area contributed by atoms with Crippen LogP contribution < -0.4 is 10.9 Å². The molecule has 0 unspecified atom stereocenters. The summed E-state index contributed by atoms with van der Waals surface area (Å²) in [6, 6.07) is 1.25. The molecule has 0 aliphatic carbocycles. The standard InChI is InChI=1S/C9H8N6O3S/c1-10-8-12-4-5(15(17)18)7(14-8)19-9-11-3-2-6(16)13-9/h2-4H,1H3,(H,10,12,14)(H,11,13,16). The molecule has 2 aromatic heterocycles. The fourth-order valence-electron chi connectivity index (χ4n) is 1.18. The van der Waals surface area contributed by atoms with E-state index in [-0.39, 0.29) is 27.4 Å². The SMILES string of the molecule is CNc1ncc([N+](=O)[O-])c(Sc2nccc(=O)[nH]2)n1. The number of nitrogens with zero attached hydrogens (tertiary/aromatic N) is 4. The van der Waals surface area contributed by atoms with Gasteiger partial charge in [0.25, 0.3) is 5.56 Å². The third-order valence-electron chi connectivity index (χ3n) is 2.00. The molecule has 0 bridgehead atoms. The van der Waals surface area contributed by atoms with Crippen molar-refractivity contribution in [1.82, 2.24) is 19.9 Å². The molecular formula is C9H8N6O3S. The lowest BCUT2D eigenvalue weighted by atomic mass is 10.5. The van der Waals surface area contributed by atoms with E-state index in [0.717, 1.165) is 18.0 Å². The van der Waals surface area contributed by atoms with Gasteiger partial charge in [0.1, 0.15) is 6.20 Å². The zero-order valence-electron chi connectivity index (χ0n) is 9.65. The molecule has 0 aromatic carbocycles. The van der Waals surface area contributed by atoms with Gasteiger partial charge in [0.15, 0.2) is 10.2 Å². The van der Waals surface area contributed by atoms with Crippen LogP contribution in [0.25, 0.3) is 0 Å². The first-order chi connectivity index (χ1) is 9.10. The molecule has 0 saturated heterocycles. The number of hydrogen-bond donors (Lipinski definition) is 2. The molecule has 9 nitrogen and oxygen atoms in total. The molecular weight excluding hydrogens is 272 g/mol. The molecule has 2 heterocycles. The summed E-state index contributed by atoms with van der Waals surface area (Å²) in [5, 5.41) is 13.9. The maximum absolute atomic E-state index is 11.1. The summed E-state index contributed by atoms with van der Waals surface area (Å²) in [5.74, 6) is 0.242. The fraction of sp³-hybridized carbons (Fsp3) is 0.111. The van der Waals surface area contributed by atoms with Gasteiger partial charge in [-0.3, -0.25) is 14.9 Å². The highest BCUT2D eigenvalue weighted by Crippen LogP contribution is 2.30. The molecule has 2 N–H and O–H groups in total. The zero-order chi connectivity index (χ0) is 13.8. The Morgan fingerprint density at radius 2 is 2.26 bits per heavy atom. The fourth-order valence-corrected chi connectivity index (χ4v) is 1.99. The van der Waals surface area contributed by atoms with Gasteiger partial charge in [0.2, 0.25) is 5.95 Å². The Morgan fingerprint density at radius 1 is 1.47 bits per heavy atom. The van der Waals surface area contributed by atoms with E-state index in [0.29, 0.717) is 0 Å².